The van der Waals surface area contributed by atoms with E-state index in [1.165, 1.54) is 12.8 Å². The maximum atomic E-state index is 11.9. The zero-order chi connectivity index (χ0) is 16.4. The van der Waals surface area contributed by atoms with Gasteiger partial charge in [-0.3, -0.25) is 4.68 Å². The Hall–Kier alpha value is -1.56. The molecule has 1 fully saturated rings. The van der Waals surface area contributed by atoms with Gasteiger partial charge in [-0.15, -0.1) is 0 Å². The quantitative estimate of drug-likeness (QED) is 0.845. The number of alkyl carbamates (subject to hydrolysis) is 1. The molecule has 1 unspecified atom stereocenters. The number of carbonyl (C=O) groups is 1. The van der Waals surface area contributed by atoms with Crippen molar-refractivity contribution in [1.82, 2.24) is 20.4 Å². The number of nitrogens with zero attached hydrogens (tertiary/aromatic N) is 2. The van der Waals surface area contributed by atoms with Gasteiger partial charge in [0.2, 0.25) is 0 Å². The lowest BCUT2D eigenvalue weighted by Crippen LogP contribution is -2.53. The predicted octanol–water partition coefficient (Wildman–Crippen LogP) is 2.20. The molecule has 0 bridgehead atoms. The van der Waals surface area contributed by atoms with E-state index >= 15 is 0 Å². The summed E-state index contributed by atoms with van der Waals surface area (Å²) in [4.78, 5) is 11.9. The topological polar surface area (TPSA) is 68.2 Å². The highest BCUT2D eigenvalue weighted by atomic mass is 16.6. The van der Waals surface area contributed by atoms with Gasteiger partial charge in [-0.2, -0.15) is 5.10 Å². The van der Waals surface area contributed by atoms with Crippen LogP contribution in [0.4, 0.5) is 4.79 Å². The fourth-order valence-corrected chi connectivity index (χ4v) is 2.51. The number of hydrogen-bond acceptors (Lipinski definition) is 4. The Morgan fingerprint density at radius 3 is 2.59 bits per heavy atom. The number of carbonyl (C=O) groups excluding carboxylic acids is 1. The van der Waals surface area contributed by atoms with Gasteiger partial charge in [-0.25, -0.2) is 4.79 Å². The molecule has 0 aliphatic heterocycles. The van der Waals surface area contributed by atoms with Crippen LogP contribution in [-0.2, 0) is 18.3 Å². The van der Waals surface area contributed by atoms with E-state index < -0.39 is 5.60 Å². The minimum absolute atomic E-state index is 0.124. The van der Waals surface area contributed by atoms with Crippen LogP contribution in [0, 0.1) is 5.92 Å². The summed E-state index contributed by atoms with van der Waals surface area (Å²) in [7, 11) is 1.93. The summed E-state index contributed by atoms with van der Waals surface area (Å²) < 4.78 is 7.17. The van der Waals surface area contributed by atoms with Crippen LogP contribution in [0.5, 0.6) is 0 Å². The molecule has 124 valence electrons. The average molecular weight is 308 g/mol. The van der Waals surface area contributed by atoms with Crippen molar-refractivity contribution in [3.8, 4) is 0 Å². The largest absolute Gasteiger partial charge is 0.444 e. The van der Waals surface area contributed by atoms with Gasteiger partial charge >= 0.3 is 6.09 Å². The molecule has 1 aromatic heterocycles. The molecule has 2 rings (SSSR count). The Bertz CT molecular complexity index is 516. The molecule has 1 amide bonds. The molecular formula is C16H28N4O2. The van der Waals surface area contributed by atoms with Crippen molar-refractivity contribution in [2.45, 2.75) is 58.2 Å². The van der Waals surface area contributed by atoms with Crippen LogP contribution in [0.15, 0.2) is 12.3 Å². The van der Waals surface area contributed by atoms with Gasteiger partial charge in [-0.1, -0.05) is 0 Å². The van der Waals surface area contributed by atoms with Gasteiger partial charge in [0.05, 0.1) is 5.69 Å². The Balaban J connectivity index is 1.88. The molecule has 0 aromatic carbocycles. The molecular weight excluding hydrogens is 280 g/mol. The van der Waals surface area contributed by atoms with Crippen LogP contribution in [0.1, 0.15) is 46.2 Å². The van der Waals surface area contributed by atoms with Crippen molar-refractivity contribution in [3.63, 3.8) is 0 Å². The van der Waals surface area contributed by atoms with Crippen molar-refractivity contribution in [2.75, 3.05) is 6.54 Å². The van der Waals surface area contributed by atoms with Gasteiger partial charge in [-0.05, 0) is 52.5 Å². The minimum Gasteiger partial charge on any atom is -0.444 e. The van der Waals surface area contributed by atoms with Crippen molar-refractivity contribution >= 4 is 6.09 Å². The SMILES string of the molecule is Cn1nccc1CNC(C)(CNC(=O)OC(C)(C)C)C1CC1. The van der Waals surface area contributed by atoms with Crippen LogP contribution >= 0.6 is 0 Å². The monoisotopic (exact) mass is 308 g/mol. The summed E-state index contributed by atoms with van der Waals surface area (Å²) in [6, 6.07) is 2.00. The Kier molecular flexibility index (Phi) is 4.80. The number of ether oxygens (including phenoxy) is 1. The van der Waals surface area contributed by atoms with Gasteiger partial charge in [0.25, 0.3) is 0 Å². The Morgan fingerprint density at radius 2 is 2.09 bits per heavy atom. The summed E-state index contributed by atoms with van der Waals surface area (Å²) in [5, 5.41) is 10.7. The molecule has 1 aliphatic carbocycles. The maximum Gasteiger partial charge on any atom is 0.407 e. The lowest BCUT2D eigenvalue weighted by molar-refractivity contribution is 0.0507. The van der Waals surface area contributed by atoms with Gasteiger partial charge in [0.1, 0.15) is 5.60 Å². The molecule has 2 N–H and O–H groups in total. The van der Waals surface area contributed by atoms with E-state index in [1.54, 1.807) is 6.20 Å². The third-order valence-electron chi connectivity index (χ3n) is 4.07. The number of hydrogen-bond donors (Lipinski definition) is 2. The molecule has 0 spiro atoms. The highest BCUT2D eigenvalue weighted by Gasteiger charge is 2.41. The maximum absolute atomic E-state index is 11.9. The van der Waals surface area contributed by atoms with Crippen molar-refractivity contribution < 1.29 is 9.53 Å². The molecule has 1 heterocycles. The number of aromatic nitrogens is 2. The fraction of sp³-hybridized carbons (Fsp3) is 0.750. The summed E-state index contributed by atoms with van der Waals surface area (Å²) in [6.07, 6.45) is 3.84. The molecule has 6 heteroatoms. The molecule has 22 heavy (non-hydrogen) atoms. The van der Waals surface area contributed by atoms with Gasteiger partial charge < -0.3 is 15.4 Å². The Labute approximate surface area is 132 Å². The zero-order valence-corrected chi connectivity index (χ0v) is 14.3. The standard InChI is InChI=1S/C16H28N4O2/c1-15(2,3)22-14(21)17-11-16(4,12-6-7-12)18-10-13-8-9-19-20(13)5/h8-9,12,18H,6-7,10-11H2,1-5H3,(H,17,21). The van der Waals surface area contributed by atoms with Crippen LogP contribution in [0.3, 0.4) is 0 Å². The minimum atomic E-state index is -0.470. The van der Waals surface area contributed by atoms with Crippen molar-refractivity contribution in [2.24, 2.45) is 13.0 Å². The van der Waals surface area contributed by atoms with E-state index in [9.17, 15) is 4.79 Å². The summed E-state index contributed by atoms with van der Waals surface area (Å²) in [6.45, 7) is 9.07. The summed E-state index contributed by atoms with van der Waals surface area (Å²) in [5.74, 6) is 0.593. The first-order valence-electron chi connectivity index (χ1n) is 7.88. The molecule has 6 nitrogen and oxygen atoms in total. The van der Waals surface area contributed by atoms with Crippen molar-refractivity contribution in [3.05, 3.63) is 18.0 Å². The summed E-state index contributed by atoms with van der Waals surface area (Å²) >= 11 is 0. The third kappa shape index (κ3) is 4.73. The van der Waals surface area contributed by atoms with Crippen molar-refractivity contribution in [1.29, 1.82) is 0 Å². The number of rotatable bonds is 6. The smallest absolute Gasteiger partial charge is 0.407 e. The van der Waals surface area contributed by atoms with Gasteiger partial charge in [0.15, 0.2) is 0 Å². The van der Waals surface area contributed by atoms with E-state index in [0.717, 1.165) is 12.2 Å². The van der Waals surface area contributed by atoms with Crippen LogP contribution in [-0.4, -0.2) is 33.6 Å². The molecule has 1 atom stereocenters. The average Bonchev–Trinajstić information content (AvgIpc) is 3.17. The van der Waals surface area contributed by atoms with Crippen LogP contribution in [0.25, 0.3) is 0 Å². The third-order valence-corrected chi connectivity index (χ3v) is 4.07. The molecule has 1 aliphatic rings. The first-order valence-corrected chi connectivity index (χ1v) is 7.88. The van der Waals surface area contributed by atoms with E-state index in [-0.39, 0.29) is 11.6 Å². The second kappa shape index (κ2) is 6.28. The highest BCUT2D eigenvalue weighted by Crippen LogP contribution is 2.39. The molecule has 0 radical (unpaired) electrons. The fourth-order valence-electron chi connectivity index (χ4n) is 2.51. The Morgan fingerprint density at radius 1 is 1.41 bits per heavy atom. The summed E-state index contributed by atoms with van der Waals surface area (Å²) in [5.41, 5.74) is 0.535. The number of amides is 1. The van der Waals surface area contributed by atoms with E-state index in [2.05, 4.69) is 22.7 Å². The lowest BCUT2D eigenvalue weighted by atomic mass is 9.95. The van der Waals surface area contributed by atoms with E-state index in [1.807, 2.05) is 38.6 Å². The van der Waals surface area contributed by atoms with Crippen LogP contribution in [0.2, 0.25) is 0 Å². The normalized spacial score (nSPS) is 17.9. The molecule has 1 aromatic rings. The highest BCUT2D eigenvalue weighted by molar-refractivity contribution is 5.67. The van der Waals surface area contributed by atoms with E-state index in [4.69, 9.17) is 4.74 Å². The number of aryl methyl sites for hydroxylation is 1. The number of nitrogens with one attached hydrogen (secondary N) is 2. The zero-order valence-electron chi connectivity index (χ0n) is 14.3. The van der Waals surface area contributed by atoms with E-state index in [0.29, 0.717) is 12.5 Å². The first-order chi connectivity index (χ1) is 10.2. The molecule has 1 saturated carbocycles. The predicted molar refractivity (Wildman–Crippen MR) is 85.4 cm³/mol. The molecule has 0 saturated heterocycles. The lowest BCUT2D eigenvalue weighted by Gasteiger charge is -2.32. The van der Waals surface area contributed by atoms with Gasteiger partial charge in [0, 0.05) is 31.9 Å². The first kappa shape index (κ1) is 16.8. The second-order valence-electron chi connectivity index (χ2n) is 7.35. The van der Waals surface area contributed by atoms with Crippen LogP contribution < -0.4 is 10.6 Å². The second-order valence-corrected chi connectivity index (χ2v) is 7.35.